The third-order valence-corrected chi connectivity index (χ3v) is 4.41. The quantitative estimate of drug-likeness (QED) is 0.934. The summed E-state index contributed by atoms with van der Waals surface area (Å²) in [6.45, 7) is 2.34. The molecule has 3 nitrogen and oxygen atoms in total. The first-order valence-corrected chi connectivity index (χ1v) is 7.43. The van der Waals surface area contributed by atoms with Gasteiger partial charge in [0.2, 0.25) is 0 Å². The van der Waals surface area contributed by atoms with Crippen LogP contribution >= 0.6 is 11.6 Å². The zero-order valence-corrected chi connectivity index (χ0v) is 12.1. The summed E-state index contributed by atoms with van der Waals surface area (Å²) in [7, 11) is 2.10. The lowest BCUT2D eigenvalue weighted by Crippen LogP contribution is -2.28. The van der Waals surface area contributed by atoms with Gasteiger partial charge in [-0.3, -0.25) is 0 Å². The van der Waals surface area contributed by atoms with Gasteiger partial charge < -0.3 is 9.88 Å². The Balaban J connectivity index is 1.75. The minimum Gasteiger partial charge on any atom is -0.331 e. The Labute approximate surface area is 119 Å². The Morgan fingerprint density at radius 3 is 2.95 bits per heavy atom. The number of hydrogen-bond acceptors (Lipinski definition) is 2. The molecule has 1 aliphatic heterocycles. The van der Waals surface area contributed by atoms with Crippen molar-refractivity contribution in [2.45, 2.75) is 25.7 Å². The fourth-order valence-electron chi connectivity index (χ4n) is 2.95. The van der Waals surface area contributed by atoms with Crippen LogP contribution in [-0.2, 0) is 13.5 Å². The van der Waals surface area contributed by atoms with Gasteiger partial charge in [0.15, 0.2) is 0 Å². The average Bonchev–Trinajstić information content (AvgIpc) is 2.74. The van der Waals surface area contributed by atoms with Gasteiger partial charge in [-0.1, -0.05) is 11.6 Å². The number of hydrogen-bond donors (Lipinski definition) is 1. The third-order valence-electron chi connectivity index (χ3n) is 4.17. The fourth-order valence-corrected chi connectivity index (χ4v) is 3.12. The van der Waals surface area contributed by atoms with Gasteiger partial charge in [0, 0.05) is 18.5 Å². The van der Waals surface area contributed by atoms with Gasteiger partial charge in [-0.2, -0.15) is 0 Å². The summed E-state index contributed by atoms with van der Waals surface area (Å²) < 4.78 is 2.20. The molecule has 0 spiro atoms. The lowest BCUT2D eigenvalue weighted by molar-refractivity contribution is 0.351. The molecule has 1 fully saturated rings. The summed E-state index contributed by atoms with van der Waals surface area (Å²) in [5, 5.41) is 4.18. The van der Waals surface area contributed by atoms with Crippen LogP contribution in [0, 0.1) is 5.92 Å². The van der Waals surface area contributed by atoms with Crippen molar-refractivity contribution < 1.29 is 0 Å². The lowest BCUT2D eigenvalue weighted by atomic mass is 9.93. The van der Waals surface area contributed by atoms with Crippen LogP contribution in [0.2, 0.25) is 5.02 Å². The van der Waals surface area contributed by atoms with Crippen molar-refractivity contribution in [1.29, 1.82) is 0 Å². The standard InChI is InChI=1S/C15H20ClN3/c1-19-14-4-3-12(16)10-13(14)18-15(19)5-2-11-6-8-17-9-7-11/h3-4,10-11,17H,2,5-9H2,1H3. The Kier molecular flexibility index (Phi) is 3.76. The molecule has 0 unspecified atom stereocenters. The van der Waals surface area contributed by atoms with E-state index in [1.54, 1.807) is 0 Å². The maximum Gasteiger partial charge on any atom is 0.109 e. The summed E-state index contributed by atoms with van der Waals surface area (Å²) in [6, 6.07) is 5.94. The predicted molar refractivity (Wildman–Crippen MR) is 79.6 cm³/mol. The lowest BCUT2D eigenvalue weighted by Gasteiger charge is -2.22. The first-order chi connectivity index (χ1) is 9.24. The predicted octanol–water partition coefficient (Wildman–Crippen LogP) is 3.16. The molecule has 0 bridgehead atoms. The smallest absolute Gasteiger partial charge is 0.109 e. The monoisotopic (exact) mass is 277 g/mol. The molecular weight excluding hydrogens is 258 g/mol. The second-order valence-electron chi connectivity index (χ2n) is 5.45. The number of piperidine rings is 1. The number of aromatic nitrogens is 2. The molecule has 2 heterocycles. The fraction of sp³-hybridized carbons (Fsp3) is 0.533. The zero-order valence-electron chi connectivity index (χ0n) is 11.3. The highest BCUT2D eigenvalue weighted by Gasteiger charge is 2.15. The molecule has 2 aromatic rings. The summed E-state index contributed by atoms with van der Waals surface area (Å²) >= 11 is 6.02. The molecule has 3 rings (SSSR count). The van der Waals surface area contributed by atoms with E-state index in [9.17, 15) is 0 Å². The molecule has 1 aliphatic rings. The molecule has 1 N–H and O–H groups in total. The third kappa shape index (κ3) is 2.77. The number of nitrogens with zero attached hydrogens (tertiary/aromatic N) is 2. The van der Waals surface area contributed by atoms with Gasteiger partial charge in [-0.25, -0.2) is 4.98 Å². The van der Waals surface area contributed by atoms with E-state index in [1.165, 1.54) is 43.7 Å². The second kappa shape index (κ2) is 5.51. The van der Waals surface area contributed by atoms with E-state index in [2.05, 4.69) is 23.0 Å². The zero-order chi connectivity index (χ0) is 13.2. The van der Waals surface area contributed by atoms with Crippen LogP contribution in [-0.4, -0.2) is 22.6 Å². The molecule has 0 saturated carbocycles. The van der Waals surface area contributed by atoms with E-state index < -0.39 is 0 Å². The van der Waals surface area contributed by atoms with Crippen molar-refractivity contribution in [2.24, 2.45) is 13.0 Å². The summed E-state index contributed by atoms with van der Waals surface area (Å²) in [4.78, 5) is 4.72. The van der Waals surface area contributed by atoms with Gasteiger partial charge in [-0.15, -0.1) is 0 Å². The van der Waals surface area contributed by atoms with Gasteiger partial charge in [-0.05, 0) is 56.5 Å². The van der Waals surface area contributed by atoms with Gasteiger partial charge in [0.1, 0.15) is 5.82 Å². The highest BCUT2D eigenvalue weighted by Crippen LogP contribution is 2.22. The Hall–Kier alpha value is -1.06. The molecule has 4 heteroatoms. The number of fused-ring (bicyclic) bond motifs is 1. The van der Waals surface area contributed by atoms with Gasteiger partial charge in [0.25, 0.3) is 0 Å². The summed E-state index contributed by atoms with van der Waals surface area (Å²) in [5.41, 5.74) is 2.18. The average molecular weight is 278 g/mol. The number of nitrogens with one attached hydrogen (secondary N) is 1. The first kappa shape index (κ1) is 12.9. The molecule has 0 atom stereocenters. The summed E-state index contributed by atoms with van der Waals surface area (Å²) in [5.74, 6) is 2.03. The van der Waals surface area contributed by atoms with E-state index in [-0.39, 0.29) is 0 Å². The van der Waals surface area contributed by atoms with Gasteiger partial charge in [0.05, 0.1) is 11.0 Å². The van der Waals surface area contributed by atoms with Crippen molar-refractivity contribution in [1.82, 2.24) is 14.9 Å². The van der Waals surface area contributed by atoms with Crippen LogP contribution in [0.15, 0.2) is 18.2 Å². The maximum absolute atomic E-state index is 6.02. The van der Waals surface area contributed by atoms with Crippen molar-refractivity contribution in [3.8, 4) is 0 Å². The van der Waals surface area contributed by atoms with E-state index in [4.69, 9.17) is 16.6 Å². The number of benzene rings is 1. The Bertz CT molecular complexity index is 570. The maximum atomic E-state index is 6.02. The highest BCUT2D eigenvalue weighted by molar-refractivity contribution is 6.31. The number of aryl methyl sites for hydroxylation is 2. The summed E-state index contributed by atoms with van der Waals surface area (Å²) in [6.07, 6.45) is 4.91. The normalized spacial score (nSPS) is 17.2. The minimum atomic E-state index is 0.760. The van der Waals surface area contributed by atoms with Crippen molar-refractivity contribution in [3.63, 3.8) is 0 Å². The van der Waals surface area contributed by atoms with E-state index >= 15 is 0 Å². The number of halogens is 1. The second-order valence-corrected chi connectivity index (χ2v) is 5.89. The number of imidazole rings is 1. The molecule has 1 aromatic heterocycles. The van der Waals surface area contributed by atoms with Crippen LogP contribution in [0.5, 0.6) is 0 Å². The van der Waals surface area contributed by atoms with Crippen LogP contribution in [0.1, 0.15) is 25.1 Å². The van der Waals surface area contributed by atoms with E-state index in [0.717, 1.165) is 22.9 Å². The molecule has 1 aromatic carbocycles. The van der Waals surface area contributed by atoms with Crippen LogP contribution in [0.3, 0.4) is 0 Å². The number of rotatable bonds is 3. The molecule has 1 saturated heterocycles. The largest absolute Gasteiger partial charge is 0.331 e. The van der Waals surface area contributed by atoms with Crippen molar-refractivity contribution >= 4 is 22.6 Å². The highest BCUT2D eigenvalue weighted by atomic mass is 35.5. The molecule has 19 heavy (non-hydrogen) atoms. The SMILES string of the molecule is Cn1c(CCC2CCNCC2)nc2cc(Cl)ccc21. The molecule has 0 aliphatic carbocycles. The minimum absolute atomic E-state index is 0.760. The van der Waals surface area contributed by atoms with Crippen molar-refractivity contribution in [2.75, 3.05) is 13.1 Å². The van der Waals surface area contributed by atoms with Crippen LogP contribution in [0.25, 0.3) is 11.0 Å². The molecule has 0 amide bonds. The van der Waals surface area contributed by atoms with Gasteiger partial charge >= 0.3 is 0 Å². The molecular formula is C15H20ClN3. The van der Waals surface area contributed by atoms with E-state index in [1.807, 2.05) is 12.1 Å². The van der Waals surface area contributed by atoms with Crippen molar-refractivity contribution in [3.05, 3.63) is 29.0 Å². The Morgan fingerprint density at radius 2 is 2.16 bits per heavy atom. The van der Waals surface area contributed by atoms with E-state index in [0.29, 0.717) is 0 Å². The van der Waals surface area contributed by atoms with Crippen LogP contribution < -0.4 is 5.32 Å². The molecule has 102 valence electrons. The Morgan fingerprint density at radius 1 is 1.37 bits per heavy atom. The topological polar surface area (TPSA) is 29.9 Å². The first-order valence-electron chi connectivity index (χ1n) is 7.05. The molecule has 0 radical (unpaired) electrons. The van der Waals surface area contributed by atoms with Crippen LogP contribution in [0.4, 0.5) is 0 Å².